The zero-order valence-corrected chi connectivity index (χ0v) is 13.0. The Morgan fingerprint density at radius 1 is 1.42 bits per heavy atom. The Kier molecular flexibility index (Phi) is 7.52. The molecule has 5 heteroatoms. The first kappa shape index (κ1) is 16.0. The number of carbonyl (C=O) groups is 1. The second kappa shape index (κ2) is 8.93. The third-order valence-corrected chi connectivity index (χ3v) is 3.52. The van der Waals surface area contributed by atoms with Gasteiger partial charge in [-0.15, -0.1) is 0 Å². The van der Waals surface area contributed by atoms with Gasteiger partial charge in [-0.25, -0.2) is 0 Å². The van der Waals surface area contributed by atoms with Gasteiger partial charge in [-0.05, 0) is 25.1 Å². The van der Waals surface area contributed by atoms with E-state index in [1.54, 1.807) is 0 Å². The normalized spacial score (nSPS) is 11.9. The Morgan fingerprint density at radius 2 is 2.11 bits per heavy atom. The molecule has 1 atom stereocenters. The van der Waals surface area contributed by atoms with E-state index in [-0.39, 0.29) is 10.8 Å². The summed E-state index contributed by atoms with van der Waals surface area (Å²) in [6, 6.07) is 10.3. The lowest BCUT2D eigenvalue weighted by atomic mass is 10.3. The van der Waals surface area contributed by atoms with Crippen molar-refractivity contribution >= 4 is 27.6 Å². The molecule has 1 aromatic rings. The van der Waals surface area contributed by atoms with Crippen LogP contribution in [-0.2, 0) is 9.53 Å². The van der Waals surface area contributed by atoms with Crippen LogP contribution in [0.5, 0.6) is 0 Å². The van der Waals surface area contributed by atoms with Gasteiger partial charge >= 0.3 is 5.97 Å². The van der Waals surface area contributed by atoms with E-state index in [0.717, 1.165) is 19.5 Å². The van der Waals surface area contributed by atoms with Crippen LogP contribution in [0.4, 0.5) is 5.69 Å². The number of esters is 1. The number of carbonyl (C=O) groups excluding carboxylic acids is 1. The average molecular weight is 329 g/mol. The Balaban J connectivity index is 2.13. The topological polar surface area (TPSA) is 41.6 Å². The molecule has 1 rings (SSSR count). The third-order valence-electron chi connectivity index (χ3n) is 2.82. The smallest absolute Gasteiger partial charge is 0.320 e. The fourth-order valence-corrected chi connectivity index (χ4v) is 2.11. The number of halogens is 1. The monoisotopic (exact) mass is 328 g/mol. The van der Waals surface area contributed by atoms with Gasteiger partial charge in [0.2, 0.25) is 0 Å². The highest BCUT2D eigenvalue weighted by molar-refractivity contribution is 9.10. The third kappa shape index (κ3) is 6.07. The minimum absolute atomic E-state index is 0.242. The molecule has 19 heavy (non-hydrogen) atoms. The largest absolute Gasteiger partial charge is 0.468 e. The van der Waals surface area contributed by atoms with Crippen molar-refractivity contribution in [1.82, 2.24) is 5.32 Å². The maximum atomic E-state index is 11.2. The molecule has 106 valence electrons. The molecular formula is C14H21BrN2O2. The van der Waals surface area contributed by atoms with Crippen LogP contribution in [0.25, 0.3) is 0 Å². The van der Waals surface area contributed by atoms with Gasteiger partial charge in [0.1, 0.15) is 4.83 Å². The predicted octanol–water partition coefficient (Wildman–Crippen LogP) is 2.04. The van der Waals surface area contributed by atoms with Gasteiger partial charge in [0, 0.05) is 25.8 Å². The summed E-state index contributed by atoms with van der Waals surface area (Å²) in [4.78, 5) is 13.1. The highest BCUT2D eigenvalue weighted by Crippen LogP contribution is 2.10. The average Bonchev–Trinajstić information content (AvgIpc) is 2.46. The highest BCUT2D eigenvalue weighted by atomic mass is 79.9. The number of hydrogen-bond donors (Lipinski definition) is 1. The van der Waals surface area contributed by atoms with Gasteiger partial charge in [0.05, 0.1) is 7.11 Å². The van der Waals surface area contributed by atoms with E-state index < -0.39 is 0 Å². The van der Waals surface area contributed by atoms with Crippen LogP contribution in [0.15, 0.2) is 30.3 Å². The summed E-state index contributed by atoms with van der Waals surface area (Å²) in [5.41, 5.74) is 1.22. The maximum absolute atomic E-state index is 11.2. The van der Waals surface area contributed by atoms with E-state index in [4.69, 9.17) is 0 Å². The summed E-state index contributed by atoms with van der Waals surface area (Å²) in [6.45, 7) is 2.43. The van der Waals surface area contributed by atoms with E-state index in [0.29, 0.717) is 6.54 Å². The number of para-hydroxylation sites is 1. The molecule has 1 N–H and O–H groups in total. The molecule has 4 nitrogen and oxygen atoms in total. The molecule has 0 heterocycles. The Labute approximate surface area is 123 Å². The number of rotatable bonds is 8. The molecule has 0 saturated heterocycles. The number of ether oxygens (including phenoxy) is 1. The van der Waals surface area contributed by atoms with Crippen molar-refractivity contribution in [2.45, 2.75) is 11.2 Å². The van der Waals surface area contributed by atoms with E-state index in [1.807, 2.05) is 18.2 Å². The number of hydrogen-bond acceptors (Lipinski definition) is 4. The van der Waals surface area contributed by atoms with Crippen molar-refractivity contribution in [2.75, 3.05) is 38.7 Å². The van der Waals surface area contributed by atoms with Gasteiger partial charge in [-0.1, -0.05) is 34.1 Å². The maximum Gasteiger partial charge on any atom is 0.320 e. The second-order valence-corrected chi connectivity index (χ2v) is 5.41. The quantitative estimate of drug-likeness (QED) is 0.450. The number of nitrogens with one attached hydrogen (secondary N) is 1. The molecule has 1 unspecified atom stereocenters. The number of benzene rings is 1. The Morgan fingerprint density at radius 3 is 2.74 bits per heavy atom. The number of methoxy groups -OCH3 is 1. The standard InChI is InChI=1S/C14H21BrN2O2/c1-17(12-7-4-3-5-8-12)10-6-9-16-11-13(15)14(18)19-2/h3-5,7-8,13,16H,6,9-11H2,1-2H3. The minimum Gasteiger partial charge on any atom is -0.468 e. The van der Waals surface area contributed by atoms with Gasteiger partial charge in [0.15, 0.2) is 0 Å². The van der Waals surface area contributed by atoms with E-state index >= 15 is 0 Å². The zero-order chi connectivity index (χ0) is 14.1. The summed E-state index contributed by atoms with van der Waals surface area (Å²) in [6.07, 6.45) is 1.02. The summed E-state index contributed by atoms with van der Waals surface area (Å²) >= 11 is 3.27. The fraction of sp³-hybridized carbons (Fsp3) is 0.500. The van der Waals surface area contributed by atoms with Gasteiger partial charge in [0.25, 0.3) is 0 Å². The summed E-state index contributed by atoms with van der Waals surface area (Å²) in [7, 11) is 3.47. The molecule has 0 fully saturated rings. The van der Waals surface area contributed by atoms with Crippen molar-refractivity contribution in [3.8, 4) is 0 Å². The molecule has 0 amide bonds. The summed E-state index contributed by atoms with van der Waals surface area (Å²) < 4.78 is 4.63. The SMILES string of the molecule is COC(=O)C(Br)CNCCCN(C)c1ccccc1. The Bertz CT molecular complexity index is 373. The first-order valence-electron chi connectivity index (χ1n) is 6.34. The number of anilines is 1. The Hall–Kier alpha value is -1.07. The van der Waals surface area contributed by atoms with Gasteiger partial charge < -0.3 is 15.0 Å². The zero-order valence-electron chi connectivity index (χ0n) is 11.4. The van der Waals surface area contributed by atoms with Crippen LogP contribution in [0.2, 0.25) is 0 Å². The van der Waals surface area contributed by atoms with Crippen molar-refractivity contribution in [3.63, 3.8) is 0 Å². The summed E-state index contributed by atoms with van der Waals surface area (Å²) in [5.74, 6) is -0.242. The summed E-state index contributed by atoms with van der Waals surface area (Å²) in [5, 5.41) is 3.23. The van der Waals surface area contributed by atoms with Crippen molar-refractivity contribution < 1.29 is 9.53 Å². The molecule has 1 aromatic carbocycles. The van der Waals surface area contributed by atoms with Crippen molar-refractivity contribution in [3.05, 3.63) is 30.3 Å². The van der Waals surface area contributed by atoms with E-state index in [9.17, 15) is 4.79 Å². The van der Waals surface area contributed by atoms with E-state index in [1.165, 1.54) is 12.8 Å². The van der Waals surface area contributed by atoms with Gasteiger partial charge in [-0.3, -0.25) is 4.79 Å². The second-order valence-electron chi connectivity index (χ2n) is 4.31. The molecule has 0 aliphatic rings. The molecule has 0 aromatic heterocycles. The molecule has 0 spiro atoms. The van der Waals surface area contributed by atoms with E-state index in [2.05, 4.69) is 50.1 Å². The van der Waals surface area contributed by atoms with Crippen LogP contribution in [-0.4, -0.2) is 44.6 Å². The van der Waals surface area contributed by atoms with Crippen molar-refractivity contribution in [2.24, 2.45) is 0 Å². The highest BCUT2D eigenvalue weighted by Gasteiger charge is 2.13. The predicted molar refractivity (Wildman–Crippen MR) is 81.9 cm³/mol. The van der Waals surface area contributed by atoms with Crippen LogP contribution in [0.3, 0.4) is 0 Å². The lowest BCUT2D eigenvalue weighted by molar-refractivity contribution is -0.139. The number of nitrogens with zero attached hydrogens (tertiary/aromatic N) is 1. The fourth-order valence-electron chi connectivity index (χ4n) is 1.69. The van der Waals surface area contributed by atoms with Crippen LogP contribution in [0, 0.1) is 0 Å². The minimum atomic E-state index is -0.274. The first-order chi connectivity index (χ1) is 9.15. The first-order valence-corrected chi connectivity index (χ1v) is 7.25. The van der Waals surface area contributed by atoms with Crippen LogP contribution < -0.4 is 10.2 Å². The molecular weight excluding hydrogens is 308 g/mol. The molecule has 0 bridgehead atoms. The molecule has 0 saturated carbocycles. The lowest BCUT2D eigenvalue weighted by Gasteiger charge is -2.19. The molecule has 0 aliphatic heterocycles. The van der Waals surface area contributed by atoms with Gasteiger partial charge in [-0.2, -0.15) is 0 Å². The lowest BCUT2D eigenvalue weighted by Crippen LogP contribution is -2.31. The molecule has 0 aliphatic carbocycles. The number of alkyl halides is 1. The van der Waals surface area contributed by atoms with Crippen molar-refractivity contribution in [1.29, 1.82) is 0 Å². The van der Waals surface area contributed by atoms with Crippen LogP contribution >= 0.6 is 15.9 Å². The molecule has 0 radical (unpaired) electrons. The van der Waals surface area contributed by atoms with Crippen LogP contribution in [0.1, 0.15) is 6.42 Å².